The lowest BCUT2D eigenvalue weighted by Crippen LogP contribution is -2.61. The summed E-state index contributed by atoms with van der Waals surface area (Å²) in [5.41, 5.74) is 14.4. The van der Waals surface area contributed by atoms with E-state index in [1.54, 1.807) is 24.3 Å². The summed E-state index contributed by atoms with van der Waals surface area (Å²) < 4.78 is 0. The van der Waals surface area contributed by atoms with Gasteiger partial charge in [0, 0.05) is 34.1 Å². The zero-order valence-electron chi connectivity index (χ0n) is 27.3. The molecular weight excluding hydrogens is 631 g/mol. The number of hydrogen-bond acceptors (Lipinski definition) is 4. The van der Waals surface area contributed by atoms with Gasteiger partial charge >= 0.3 is 11.9 Å². The molecule has 0 saturated carbocycles. The number of carboxylic acids is 2. The Balaban J connectivity index is 1.24. The first kappa shape index (κ1) is 30.2. The number of fused-ring (bicyclic) bond motifs is 4. The van der Waals surface area contributed by atoms with Crippen LogP contribution in [0.25, 0.3) is 22.3 Å². The van der Waals surface area contributed by atoms with E-state index in [0.29, 0.717) is 0 Å². The molecule has 2 heterocycles. The zero-order chi connectivity index (χ0) is 34.6. The van der Waals surface area contributed by atoms with E-state index >= 15 is 0 Å². The van der Waals surface area contributed by atoms with Gasteiger partial charge in [-0.05, 0) is 111 Å². The van der Waals surface area contributed by atoms with Crippen molar-refractivity contribution >= 4 is 69.2 Å². The lowest BCUT2D eigenvalue weighted by molar-refractivity contribution is 0.0686. The summed E-state index contributed by atoms with van der Waals surface area (Å²) in [5.74, 6) is -1.89. The van der Waals surface area contributed by atoms with Crippen molar-refractivity contribution in [2.45, 2.75) is 0 Å². The van der Waals surface area contributed by atoms with E-state index in [0.717, 1.165) is 56.4 Å². The quantitative estimate of drug-likeness (QED) is 0.174. The van der Waals surface area contributed by atoms with Crippen molar-refractivity contribution in [3.63, 3.8) is 0 Å². The molecule has 0 bridgehead atoms. The van der Waals surface area contributed by atoms with Gasteiger partial charge in [-0.15, -0.1) is 0 Å². The van der Waals surface area contributed by atoms with Crippen LogP contribution >= 0.6 is 0 Å². The molecule has 7 heteroatoms. The van der Waals surface area contributed by atoms with Crippen LogP contribution in [0.2, 0.25) is 0 Å². The van der Waals surface area contributed by atoms with E-state index in [9.17, 15) is 19.8 Å². The SMILES string of the molecule is O=C(O)c1ccc(-c2cccc(N3c4ccccc4B4c5ccc(-c6ccc(C(=O)O)cc6)cc5N(c5ccccc5)c5cccc3c54)c2)cc1. The predicted molar refractivity (Wildman–Crippen MR) is 205 cm³/mol. The minimum absolute atomic E-state index is 0.0335. The van der Waals surface area contributed by atoms with Gasteiger partial charge in [0.1, 0.15) is 0 Å². The van der Waals surface area contributed by atoms with Gasteiger partial charge in [-0.25, -0.2) is 9.59 Å². The van der Waals surface area contributed by atoms with Crippen LogP contribution in [0.15, 0.2) is 164 Å². The van der Waals surface area contributed by atoms with Crippen molar-refractivity contribution in [1.29, 1.82) is 0 Å². The van der Waals surface area contributed by atoms with Crippen molar-refractivity contribution in [3.8, 4) is 22.3 Å². The van der Waals surface area contributed by atoms with E-state index in [1.807, 2.05) is 30.3 Å². The number of nitrogens with zero attached hydrogens (tertiary/aromatic N) is 2. The average Bonchev–Trinajstić information content (AvgIpc) is 3.18. The van der Waals surface area contributed by atoms with E-state index in [4.69, 9.17) is 0 Å². The summed E-state index contributed by atoms with van der Waals surface area (Å²) in [7, 11) is 0. The van der Waals surface area contributed by atoms with Crippen molar-refractivity contribution in [1.82, 2.24) is 0 Å². The number of aromatic carboxylic acids is 2. The Kier molecular flexibility index (Phi) is 7.07. The number of para-hydroxylation sites is 2. The second-order valence-electron chi connectivity index (χ2n) is 12.8. The third-order valence-electron chi connectivity index (χ3n) is 9.95. The summed E-state index contributed by atoms with van der Waals surface area (Å²) in [5, 5.41) is 18.9. The van der Waals surface area contributed by atoms with Gasteiger partial charge in [0.05, 0.1) is 11.1 Å². The van der Waals surface area contributed by atoms with E-state index in [-0.39, 0.29) is 17.8 Å². The van der Waals surface area contributed by atoms with Crippen LogP contribution in [0.1, 0.15) is 20.7 Å². The van der Waals surface area contributed by atoms with Gasteiger partial charge in [-0.3, -0.25) is 0 Å². The standard InChI is InChI=1S/C44H29BN2O4/c48-43(49)30-20-16-28(17-21-30)32-8-6-11-35(26-32)47-38-13-5-4-12-36(38)45-37-25-24-33(29-18-22-31(23-19-29)44(50)51)27-41(37)46(34-9-2-1-3-10-34)39-14-7-15-40(47)42(39)45/h1-27H,(H,48,49)(H,50,51). The molecule has 0 unspecified atom stereocenters. The fourth-order valence-electron chi connectivity index (χ4n) is 7.63. The van der Waals surface area contributed by atoms with E-state index in [1.165, 1.54) is 16.4 Å². The monoisotopic (exact) mass is 660 g/mol. The molecule has 2 aliphatic heterocycles. The molecule has 9 rings (SSSR count). The zero-order valence-corrected chi connectivity index (χ0v) is 27.3. The van der Waals surface area contributed by atoms with Crippen LogP contribution in [0.3, 0.4) is 0 Å². The van der Waals surface area contributed by atoms with Crippen molar-refractivity contribution in [3.05, 3.63) is 175 Å². The molecule has 0 radical (unpaired) electrons. The molecule has 2 N–H and O–H groups in total. The first-order valence-electron chi connectivity index (χ1n) is 16.7. The molecule has 7 aromatic carbocycles. The molecule has 0 fully saturated rings. The van der Waals surface area contributed by atoms with Crippen LogP contribution in [0, 0.1) is 0 Å². The van der Waals surface area contributed by atoms with Gasteiger partial charge < -0.3 is 20.0 Å². The molecule has 0 aromatic heterocycles. The fraction of sp³-hybridized carbons (Fsp3) is 0. The Bertz CT molecular complexity index is 2480. The van der Waals surface area contributed by atoms with Crippen molar-refractivity contribution < 1.29 is 19.8 Å². The summed E-state index contributed by atoms with van der Waals surface area (Å²) in [6.07, 6.45) is 0. The van der Waals surface area contributed by atoms with Crippen LogP contribution in [-0.2, 0) is 0 Å². The number of carboxylic acid groups (broad SMARTS) is 2. The summed E-state index contributed by atoms with van der Waals surface area (Å²) in [4.78, 5) is 27.7. The Hall–Kier alpha value is -6.86. The first-order chi connectivity index (χ1) is 25.0. The van der Waals surface area contributed by atoms with Crippen LogP contribution in [0.5, 0.6) is 0 Å². The normalized spacial score (nSPS) is 12.5. The molecule has 242 valence electrons. The van der Waals surface area contributed by atoms with Gasteiger partial charge in [-0.1, -0.05) is 91.0 Å². The maximum atomic E-state index is 11.6. The summed E-state index contributed by atoms with van der Waals surface area (Å²) >= 11 is 0. The molecule has 0 aliphatic carbocycles. The maximum absolute atomic E-state index is 11.6. The predicted octanol–water partition coefficient (Wildman–Crippen LogP) is 8.50. The molecular formula is C44H29BN2O4. The molecule has 0 atom stereocenters. The second-order valence-corrected chi connectivity index (χ2v) is 12.8. The van der Waals surface area contributed by atoms with Gasteiger partial charge in [0.2, 0.25) is 0 Å². The third-order valence-corrected chi connectivity index (χ3v) is 9.95. The molecule has 0 amide bonds. The van der Waals surface area contributed by atoms with Gasteiger partial charge in [0.25, 0.3) is 6.71 Å². The molecule has 0 saturated heterocycles. The molecule has 0 spiro atoms. The van der Waals surface area contributed by atoms with Crippen molar-refractivity contribution in [2.24, 2.45) is 0 Å². The first-order valence-corrected chi connectivity index (χ1v) is 16.7. The number of benzene rings is 7. The molecule has 6 nitrogen and oxygen atoms in total. The second kappa shape index (κ2) is 11.9. The Morgan fingerprint density at radius 1 is 0.412 bits per heavy atom. The minimum atomic E-state index is -0.944. The smallest absolute Gasteiger partial charge is 0.335 e. The Morgan fingerprint density at radius 2 is 0.902 bits per heavy atom. The van der Waals surface area contributed by atoms with E-state index in [2.05, 4.69) is 119 Å². The summed E-state index contributed by atoms with van der Waals surface area (Å²) in [6, 6.07) is 54.5. The Labute approximate surface area is 295 Å². The number of anilines is 6. The maximum Gasteiger partial charge on any atom is 0.335 e. The van der Waals surface area contributed by atoms with Gasteiger partial charge in [-0.2, -0.15) is 0 Å². The highest BCUT2D eigenvalue weighted by molar-refractivity contribution is 7.00. The topological polar surface area (TPSA) is 81.1 Å². The molecule has 2 aliphatic rings. The highest BCUT2D eigenvalue weighted by Crippen LogP contribution is 2.44. The number of carbonyl (C=O) groups is 2. The molecule has 7 aromatic rings. The third kappa shape index (κ3) is 4.98. The number of rotatable bonds is 6. The van der Waals surface area contributed by atoms with E-state index < -0.39 is 11.9 Å². The average molecular weight is 661 g/mol. The highest BCUT2D eigenvalue weighted by Gasteiger charge is 2.43. The lowest BCUT2D eigenvalue weighted by atomic mass is 9.33. The number of hydrogen-bond donors (Lipinski definition) is 2. The minimum Gasteiger partial charge on any atom is -0.478 e. The van der Waals surface area contributed by atoms with Crippen LogP contribution < -0.4 is 26.2 Å². The van der Waals surface area contributed by atoms with Crippen LogP contribution in [-0.4, -0.2) is 28.9 Å². The Morgan fingerprint density at radius 3 is 1.55 bits per heavy atom. The molecule has 51 heavy (non-hydrogen) atoms. The fourth-order valence-corrected chi connectivity index (χ4v) is 7.63. The summed E-state index contributed by atoms with van der Waals surface area (Å²) in [6.45, 7) is -0.0335. The van der Waals surface area contributed by atoms with Crippen LogP contribution in [0.4, 0.5) is 34.1 Å². The van der Waals surface area contributed by atoms with Gasteiger partial charge in [0.15, 0.2) is 0 Å². The highest BCUT2D eigenvalue weighted by atomic mass is 16.4. The van der Waals surface area contributed by atoms with Crippen molar-refractivity contribution in [2.75, 3.05) is 9.80 Å². The lowest BCUT2D eigenvalue weighted by Gasteiger charge is -2.44. The largest absolute Gasteiger partial charge is 0.478 e.